The number of amides is 1. The highest BCUT2D eigenvalue weighted by Crippen LogP contribution is 2.02. The Balaban J connectivity index is 2.34. The number of hydrogen-bond donors (Lipinski definition) is 1. The molecular weight excluding hydrogens is 210 g/mol. The lowest BCUT2D eigenvalue weighted by Crippen LogP contribution is -2.25. The van der Waals surface area contributed by atoms with E-state index in [9.17, 15) is 9.59 Å². The Bertz CT molecular complexity index is 339. The lowest BCUT2D eigenvalue weighted by Gasteiger charge is -2.15. The van der Waals surface area contributed by atoms with Gasteiger partial charge >= 0.3 is 5.97 Å². The van der Waals surface area contributed by atoms with E-state index >= 15 is 0 Å². The number of carbonyl (C=O) groups excluding carboxylic acids is 1. The Morgan fingerprint density at radius 2 is 2.06 bits per heavy atom. The molecule has 0 fully saturated rings. The Morgan fingerprint density at radius 1 is 1.38 bits per heavy atom. The van der Waals surface area contributed by atoms with Crippen LogP contribution in [0.4, 0.5) is 0 Å². The number of aliphatic carboxylic acids is 1. The van der Waals surface area contributed by atoms with Crippen LogP contribution in [0.2, 0.25) is 0 Å². The van der Waals surface area contributed by atoms with Crippen LogP contribution >= 0.6 is 0 Å². The number of carboxylic acid groups (broad SMARTS) is 1. The first-order valence-electron chi connectivity index (χ1n) is 4.83. The van der Waals surface area contributed by atoms with E-state index in [4.69, 9.17) is 9.94 Å². The monoisotopic (exact) mass is 223 g/mol. The maximum Gasteiger partial charge on any atom is 0.305 e. The number of hydroxylamine groups is 2. The average Bonchev–Trinajstić information content (AvgIpc) is 2.30. The van der Waals surface area contributed by atoms with Crippen LogP contribution in [0, 0.1) is 0 Å². The lowest BCUT2D eigenvalue weighted by molar-refractivity contribution is -0.179. The summed E-state index contributed by atoms with van der Waals surface area (Å²) < 4.78 is 0. The molecule has 1 N–H and O–H groups in total. The van der Waals surface area contributed by atoms with Gasteiger partial charge < -0.3 is 5.11 Å². The Hall–Kier alpha value is -1.88. The molecule has 0 radical (unpaired) electrons. The third-order valence-corrected chi connectivity index (χ3v) is 1.90. The summed E-state index contributed by atoms with van der Waals surface area (Å²) in [6, 6.07) is 9.33. The fraction of sp³-hybridized carbons (Fsp3) is 0.273. The average molecular weight is 223 g/mol. The van der Waals surface area contributed by atoms with Crippen molar-refractivity contribution in [3.8, 4) is 0 Å². The van der Waals surface area contributed by atoms with Crippen molar-refractivity contribution in [3.63, 3.8) is 0 Å². The third kappa shape index (κ3) is 4.56. The van der Waals surface area contributed by atoms with E-state index in [2.05, 4.69) is 0 Å². The van der Waals surface area contributed by atoms with E-state index in [-0.39, 0.29) is 19.6 Å². The number of hydrogen-bond acceptors (Lipinski definition) is 3. The molecule has 0 aliphatic carbocycles. The molecule has 0 aliphatic rings. The molecule has 16 heavy (non-hydrogen) atoms. The van der Waals surface area contributed by atoms with Gasteiger partial charge in [-0.25, -0.2) is 5.06 Å². The van der Waals surface area contributed by atoms with Crippen molar-refractivity contribution < 1.29 is 19.5 Å². The van der Waals surface area contributed by atoms with E-state index in [0.717, 1.165) is 10.6 Å². The molecule has 0 atom stereocenters. The molecule has 0 aromatic heterocycles. The van der Waals surface area contributed by atoms with Gasteiger partial charge in [-0.15, -0.1) is 0 Å². The van der Waals surface area contributed by atoms with E-state index < -0.39 is 5.97 Å². The molecule has 0 saturated heterocycles. The highest BCUT2D eigenvalue weighted by Gasteiger charge is 2.05. The molecule has 1 aromatic carbocycles. The minimum Gasteiger partial charge on any atom is -0.481 e. The number of carbonyl (C=O) groups is 2. The normalized spacial score (nSPS) is 9.75. The van der Waals surface area contributed by atoms with Gasteiger partial charge in [0.2, 0.25) is 6.41 Å². The molecule has 5 nitrogen and oxygen atoms in total. The summed E-state index contributed by atoms with van der Waals surface area (Å²) in [4.78, 5) is 26.0. The van der Waals surface area contributed by atoms with E-state index in [1.165, 1.54) is 0 Å². The predicted molar refractivity (Wildman–Crippen MR) is 56.3 cm³/mol. The van der Waals surface area contributed by atoms with E-state index in [0.29, 0.717) is 6.41 Å². The first-order valence-corrected chi connectivity index (χ1v) is 4.83. The van der Waals surface area contributed by atoms with Crippen molar-refractivity contribution in [2.75, 3.05) is 6.54 Å². The molecule has 86 valence electrons. The Kier molecular flexibility index (Phi) is 5.01. The topological polar surface area (TPSA) is 66.8 Å². The van der Waals surface area contributed by atoms with Crippen molar-refractivity contribution in [2.24, 2.45) is 0 Å². The smallest absolute Gasteiger partial charge is 0.305 e. The lowest BCUT2D eigenvalue weighted by atomic mass is 10.2. The van der Waals surface area contributed by atoms with Gasteiger partial charge in [-0.1, -0.05) is 30.3 Å². The minimum absolute atomic E-state index is 0.0473. The van der Waals surface area contributed by atoms with Crippen LogP contribution in [0.5, 0.6) is 0 Å². The molecule has 1 aromatic rings. The molecule has 5 heteroatoms. The Labute approximate surface area is 93.2 Å². The molecule has 0 unspecified atom stereocenters. The highest BCUT2D eigenvalue weighted by molar-refractivity contribution is 5.67. The zero-order valence-electron chi connectivity index (χ0n) is 8.70. The molecular formula is C11H13NO4. The van der Waals surface area contributed by atoms with Crippen molar-refractivity contribution in [1.29, 1.82) is 0 Å². The number of carboxylic acids is 1. The van der Waals surface area contributed by atoms with Crippen molar-refractivity contribution in [1.82, 2.24) is 5.06 Å². The zero-order valence-corrected chi connectivity index (χ0v) is 8.70. The zero-order chi connectivity index (χ0) is 11.8. The molecule has 0 bridgehead atoms. The molecule has 1 rings (SSSR count). The third-order valence-electron chi connectivity index (χ3n) is 1.90. The summed E-state index contributed by atoms with van der Waals surface area (Å²) in [7, 11) is 0. The number of benzene rings is 1. The van der Waals surface area contributed by atoms with Gasteiger partial charge in [0, 0.05) is 0 Å². The second-order valence-corrected chi connectivity index (χ2v) is 3.15. The van der Waals surface area contributed by atoms with Gasteiger partial charge in [0.05, 0.1) is 13.0 Å². The second-order valence-electron chi connectivity index (χ2n) is 3.15. The summed E-state index contributed by atoms with van der Waals surface area (Å²) in [5, 5.41) is 9.43. The predicted octanol–water partition coefficient (Wildman–Crippen LogP) is 1.05. The van der Waals surface area contributed by atoms with Crippen LogP contribution < -0.4 is 0 Å². The van der Waals surface area contributed by atoms with Gasteiger partial charge in [0.15, 0.2) is 0 Å². The fourth-order valence-electron chi connectivity index (χ4n) is 1.09. The van der Waals surface area contributed by atoms with Gasteiger partial charge in [-0.05, 0) is 5.56 Å². The number of nitrogens with zero attached hydrogens (tertiary/aromatic N) is 1. The minimum atomic E-state index is -0.963. The summed E-state index contributed by atoms with van der Waals surface area (Å²) in [5.74, 6) is -0.963. The first-order chi connectivity index (χ1) is 7.72. The van der Waals surface area contributed by atoms with Gasteiger partial charge in [0.25, 0.3) is 0 Å². The van der Waals surface area contributed by atoms with Crippen LogP contribution in [0.15, 0.2) is 30.3 Å². The van der Waals surface area contributed by atoms with E-state index in [1.54, 1.807) is 0 Å². The molecule has 0 heterocycles. The van der Waals surface area contributed by atoms with Crippen molar-refractivity contribution in [3.05, 3.63) is 35.9 Å². The molecule has 0 saturated carbocycles. The number of rotatable bonds is 7. The van der Waals surface area contributed by atoms with Gasteiger partial charge in [-0.3, -0.25) is 14.4 Å². The summed E-state index contributed by atoms with van der Waals surface area (Å²) in [6.45, 7) is 0.296. The Morgan fingerprint density at radius 3 is 2.62 bits per heavy atom. The fourth-order valence-corrected chi connectivity index (χ4v) is 1.09. The molecule has 1 amide bonds. The maximum atomic E-state index is 10.5. The second kappa shape index (κ2) is 6.58. The van der Waals surface area contributed by atoms with Crippen LogP contribution in [0.25, 0.3) is 0 Å². The van der Waals surface area contributed by atoms with Crippen LogP contribution in [-0.2, 0) is 21.0 Å². The largest absolute Gasteiger partial charge is 0.481 e. The van der Waals surface area contributed by atoms with Crippen LogP contribution in [0.3, 0.4) is 0 Å². The molecule has 0 spiro atoms. The van der Waals surface area contributed by atoms with Gasteiger partial charge in [-0.2, -0.15) is 0 Å². The molecule has 0 aliphatic heterocycles. The summed E-state index contributed by atoms with van der Waals surface area (Å²) in [5.41, 5.74) is 0.921. The quantitative estimate of drug-likeness (QED) is 0.554. The van der Waals surface area contributed by atoms with Gasteiger partial charge in [0.1, 0.15) is 6.61 Å². The van der Waals surface area contributed by atoms with Crippen LogP contribution in [0.1, 0.15) is 12.0 Å². The van der Waals surface area contributed by atoms with E-state index in [1.807, 2.05) is 30.3 Å². The standard InChI is InChI=1S/C11H13NO4/c13-9-12(7-6-11(14)15)16-8-10-4-2-1-3-5-10/h1-5,9H,6-8H2,(H,14,15). The van der Waals surface area contributed by atoms with Crippen molar-refractivity contribution >= 4 is 12.4 Å². The maximum absolute atomic E-state index is 10.5. The first kappa shape index (κ1) is 12.2. The summed E-state index contributed by atoms with van der Waals surface area (Å²) >= 11 is 0. The van der Waals surface area contributed by atoms with Crippen molar-refractivity contribution in [2.45, 2.75) is 13.0 Å². The summed E-state index contributed by atoms with van der Waals surface area (Å²) in [6.07, 6.45) is 0.347. The van der Waals surface area contributed by atoms with Crippen LogP contribution in [-0.4, -0.2) is 29.1 Å². The SMILES string of the molecule is O=CN(CCC(=O)O)OCc1ccccc1. The highest BCUT2D eigenvalue weighted by atomic mass is 16.7.